The molecule has 2 aliphatic rings. The normalized spacial score (nSPS) is 18.1. The molecule has 1 N–H and O–H groups in total. The maximum absolute atomic E-state index is 13.3. The van der Waals surface area contributed by atoms with E-state index < -0.39 is 31.8 Å². The molecule has 1 aromatic heterocycles. The van der Waals surface area contributed by atoms with Gasteiger partial charge in [0.25, 0.3) is 16.0 Å². The van der Waals surface area contributed by atoms with E-state index in [0.717, 1.165) is 22.3 Å². The van der Waals surface area contributed by atoms with Gasteiger partial charge in [-0.2, -0.15) is 17.8 Å². The van der Waals surface area contributed by atoms with E-state index in [0.29, 0.717) is 30.0 Å². The number of morpholine rings is 1. The highest BCUT2D eigenvalue weighted by atomic mass is 32.2. The summed E-state index contributed by atoms with van der Waals surface area (Å²) >= 11 is 6.28. The van der Waals surface area contributed by atoms with E-state index >= 15 is 0 Å². The Morgan fingerprint density at radius 1 is 1.05 bits per heavy atom. The third-order valence-corrected chi connectivity index (χ3v) is 10.2. The minimum Gasteiger partial charge on any atom is -0.379 e. The standard InChI is InChI=1S/C25H24N4O7S4/c30-24-22(38-25(37)28(24)11-14-39(31,32)33)16-19-17-29(20-6-2-1-3-7-20)26-23(19)18-5-4-8-21(15-18)40(34,35)27-9-12-36-13-10-27/h1-8,15-17H,9-14H2,(H,31,32,33). The molecule has 3 aromatic rings. The maximum atomic E-state index is 13.3. The monoisotopic (exact) mass is 620 g/mol. The molecule has 2 saturated heterocycles. The lowest BCUT2D eigenvalue weighted by molar-refractivity contribution is -0.121. The fourth-order valence-corrected chi connectivity index (χ4v) is 7.38. The van der Waals surface area contributed by atoms with Crippen molar-refractivity contribution < 1.29 is 30.9 Å². The zero-order valence-electron chi connectivity index (χ0n) is 20.9. The molecule has 0 atom stereocenters. The second kappa shape index (κ2) is 11.5. The number of carbonyl (C=O) groups excluding carboxylic acids is 1. The topological polar surface area (TPSA) is 139 Å². The van der Waals surface area contributed by atoms with Crippen molar-refractivity contribution in [1.82, 2.24) is 19.0 Å². The van der Waals surface area contributed by atoms with Crippen LogP contribution in [0.3, 0.4) is 0 Å². The van der Waals surface area contributed by atoms with Crippen LogP contribution in [0.4, 0.5) is 0 Å². The first kappa shape index (κ1) is 28.6. The van der Waals surface area contributed by atoms with Crippen LogP contribution in [0.2, 0.25) is 0 Å². The molecule has 15 heteroatoms. The Kier molecular flexibility index (Phi) is 8.24. The van der Waals surface area contributed by atoms with Crippen LogP contribution >= 0.6 is 24.0 Å². The lowest BCUT2D eigenvalue weighted by Gasteiger charge is -2.26. The van der Waals surface area contributed by atoms with Crippen molar-refractivity contribution in [2.45, 2.75) is 4.90 Å². The van der Waals surface area contributed by atoms with Gasteiger partial charge >= 0.3 is 0 Å². The molecular formula is C25H24N4O7S4. The first-order valence-corrected chi connectivity index (χ1v) is 16.3. The first-order chi connectivity index (χ1) is 19.0. The molecule has 2 aliphatic heterocycles. The van der Waals surface area contributed by atoms with Crippen LogP contribution in [0.1, 0.15) is 5.56 Å². The van der Waals surface area contributed by atoms with Crippen molar-refractivity contribution in [3.8, 4) is 16.9 Å². The van der Waals surface area contributed by atoms with Crippen molar-refractivity contribution in [3.63, 3.8) is 0 Å². The Morgan fingerprint density at radius 3 is 2.48 bits per heavy atom. The minimum absolute atomic E-state index is 0.114. The van der Waals surface area contributed by atoms with Gasteiger partial charge in [-0.1, -0.05) is 54.3 Å². The van der Waals surface area contributed by atoms with E-state index in [4.69, 9.17) is 26.6 Å². The predicted molar refractivity (Wildman–Crippen MR) is 155 cm³/mol. The third-order valence-electron chi connectivity index (χ3n) is 6.21. The van der Waals surface area contributed by atoms with E-state index in [9.17, 15) is 21.6 Å². The van der Waals surface area contributed by atoms with Crippen molar-refractivity contribution >= 4 is 60.4 Å². The van der Waals surface area contributed by atoms with Gasteiger partial charge in [0, 0.05) is 37.0 Å². The summed E-state index contributed by atoms with van der Waals surface area (Å²) in [6, 6.07) is 15.8. The zero-order valence-corrected chi connectivity index (χ0v) is 24.2. The van der Waals surface area contributed by atoms with Crippen molar-refractivity contribution in [2.24, 2.45) is 0 Å². The van der Waals surface area contributed by atoms with Crippen LogP contribution in [-0.2, 0) is 29.7 Å². The molecule has 0 aliphatic carbocycles. The van der Waals surface area contributed by atoms with Crippen LogP contribution in [0.5, 0.6) is 0 Å². The maximum Gasteiger partial charge on any atom is 0.266 e. The summed E-state index contributed by atoms with van der Waals surface area (Å²) in [6.07, 6.45) is 3.32. The van der Waals surface area contributed by atoms with Crippen LogP contribution in [0, 0.1) is 0 Å². The van der Waals surface area contributed by atoms with E-state index in [1.165, 1.54) is 10.4 Å². The average molecular weight is 621 g/mol. The van der Waals surface area contributed by atoms with Crippen molar-refractivity contribution in [2.75, 3.05) is 38.6 Å². The number of amides is 1. The number of para-hydroxylation sites is 1. The number of rotatable bonds is 8. The Morgan fingerprint density at radius 2 is 1.77 bits per heavy atom. The number of nitrogens with zero attached hydrogens (tertiary/aromatic N) is 4. The van der Waals surface area contributed by atoms with Crippen LogP contribution in [0.15, 0.2) is 70.6 Å². The summed E-state index contributed by atoms with van der Waals surface area (Å²) < 4.78 is 66.6. The molecule has 1 amide bonds. The van der Waals surface area contributed by atoms with E-state index in [2.05, 4.69) is 0 Å². The molecule has 40 heavy (non-hydrogen) atoms. The van der Waals surface area contributed by atoms with E-state index in [-0.39, 0.29) is 33.8 Å². The van der Waals surface area contributed by atoms with Gasteiger partial charge in [-0.3, -0.25) is 14.2 Å². The largest absolute Gasteiger partial charge is 0.379 e. The molecule has 0 bridgehead atoms. The molecule has 2 fully saturated rings. The number of thioether (sulfide) groups is 1. The molecule has 210 valence electrons. The van der Waals surface area contributed by atoms with Gasteiger partial charge < -0.3 is 4.74 Å². The van der Waals surface area contributed by atoms with Gasteiger partial charge in [0.05, 0.1) is 34.5 Å². The molecule has 3 heterocycles. The van der Waals surface area contributed by atoms with Gasteiger partial charge in [-0.15, -0.1) is 0 Å². The molecule has 0 spiro atoms. The lowest BCUT2D eigenvalue weighted by Crippen LogP contribution is -2.40. The highest BCUT2D eigenvalue weighted by molar-refractivity contribution is 8.26. The average Bonchev–Trinajstić information content (AvgIpc) is 3.48. The molecule has 0 saturated carbocycles. The first-order valence-electron chi connectivity index (χ1n) is 12.1. The Bertz CT molecular complexity index is 1700. The molecular weight excluding hydrogens is 597 g/mol. The highest BCUT2D eigenvalue weighted by Gasteiger charge is 2.33. The summed E-state index contributed by atoms with van der Waals surface area (Å²) in [5.41, 5.74) is 2.24. The predicted octanol–water partition coefficient (Wildman–Crippen LogP) is 2.65. The quantitative estimate of drug-likeness (QED) is 0.227. The summed E-state index contributed by atoms with van der Waals surface area (Å²) in [6.45, 7) is 0.901. The van der Waals surface area contributed by atoms with Crippen LogP contribution in [0.25, 0.3) is 23.0 Å². The Hall–Kier alpha value is -2.92. The van der Waals surface area contributed by atoms with Gasteiger partial charge in [0.15, 0.2) is 0 Å². The number of carbonyl (C=O) groups is 1. The zero-order chi connectivity index (χ0) is 28.5. The Labute approximate surface area is 241 Å². The van der Waals surface area contributed by atoms with Crippen molar-refractivity contribution in [1.29, 1.82) is 0 Å². The number of aromatic nitrogens is 2. The summed E-state index contributed by atoms with van der Waals surface area (Å²) in [4.78, 5) is 14.6. The highest BCUT2D eigenvalue weighted by Crippen LogP contribution is 2.35. The minimum atomic E-state index is -4.28. The fourth-order valence-electron chi connectivity index (χ4n) is 4.21. The van der Waals surface area contributed by atoms with Gasteiger partial charge in [0.2, 0.25) is 10.0 Å². The molecule has 2 aromatic carbocycles. The van der Waals surface area contributed by atoms with Gasteiger partial charge in [0.1, 0.15) is 10.0 Å². The number of sulfonamides is 1. The second-order valence-corrected chi connectivity index (χ2v) is 14.1. The number of ether oxygens (including phenoxy) is 1. The fraction of sp³-hybridized carbons (Fsp3) is 0.240. The number of hydrogen-bond donors (Lipinski definition) is 1. The van der Waals surface area contributed by atoms with Gasteiger partial charge in [-0.05, 0) is 30.3 Å². The van der Waals surface area contributed by atoms with E-state index in [1.54, 1.807) is 35.2 Å². The van der Waals surface area contributed by atoms with E-state index in [1.807, 2.05) is 30.3 Å². The van der Waals surface area contributed by atoms with Crippen LogP contribution < -0.4 is 0 Å². The summed E-state index contributed by atoms with van der Waals surface area (Å²) in [7, 11) is -8.05. The number of benzene rings is 2. The van der Waals surface area contributed by atoms with Crippen molar-refractivity contribution in [3.05, 3.63) is 71.3 Å². The summed E-state index contributed by atoms with van der Waals surface area (Å²) in [5.74, 6) is -1.14. The van der Waals surface area contributed by atoms with Gasteiger partial charge in [-0.25, -0.2) is 13.1 Å². The summed E-state index contributed by atoms with van der Waals surface area (Å²) in [5, 5.41) is 4.72. The number of thiocarbonyl (C=S) groups is 1. The van der Waals surface area contributed by atoms with Crippen LogP contribution in [-0.4, -0.2) is 89.2 Å². The third kappa shape index (κ3) is 6.20. The lowest BCUT2D eigenvalue weighted by atomic mass is 10.1. The molecule has 11 nitrogen and oxygen atoms in total. The molecule has 0 unspecified atom stereocenters. The SMILES string of the molecule is O=C1C(=Cc2cn(-c3ccccc3)nc2-c2cccc(S(=O)(=O)N3CCOCC3)c2)SC(=S)N1CCS(=O)(=O)O. The number of hydrogen-bond acceptors (Lipinski definition) is 9. The Balaban J connectivity index is 1.55. The molecule has 5 rings (SSSR count). The smallest absolute Gasteiger partial charge is 0.266 e. The molecule has 0 radical (unpaired) electrons. The second-order valence-electron chi connectivity index (χ2n) is 8.88.